The molecule has 2 heterocycles. The van der Waals surface area contributed by atoms with Gasteiger partial charge in [-0.2, -0.15) is 0 Å². The van der Waals surface area contributed by atoms with Crippen LogP contribution in [-0.4, -0.2) is 9.38 Å². The first-order chi connectivity index (χ1) is 9.15. The summed E-state index contributed by atoms with van der Waals surface area (Å²) in [4.78, 5) is 4.67. The van der Waals surface area contributed by atoms with Gasteiger partial charge in [-0.3, -0.25) is 4.40 Å². The Morgan fingerprint density at radius 1 is 1.11 bits per heavy atom. The van der Waals surface area contributed by atoms with Gasteiger partial charge in [0.1, 0.15) is 11.5 Å². The summed E-state index contributed by atoms with van der Waals surface area (Å²) >= 11 is 0. The Morgan fingerprint density at radius 2 is 1.84 bits per heavy atom. The van der Waals surface area contributed by atoms with Gasteiger partial charge < -0.3 is 5.73 Å². The van der Waals surface area contributed by atoms with E-state index in [-0.39, 0.29) is 0 Å². The Kier molecular flexibility index (Phi) is 2.75. The lowest BCUT2D eigenvalue weighted by atomic mass is 10.1. The second-order valence-electron chi connectivity index (χ2n) is 4.97. The molecular formula is C16H17N3. The number of nitrogens with two attached hydrogens (primary N) is 1. The number of anilines is 1. The predicted octanol–water partition coefficient (Wildman–Crippen LogP) is 3.12. The number of hydrogen-bond donors (Lipinski definition) is 1. The topological polar surface area (TPSA) is 43.3 Å². The third-order valence-electron chi connectivity index (χ3n) is 3.38. The Balaban J connectivity index is 2.10. The Morgan fingerprint density at radius 3 is 2.58 bits per heavy atom. The van der Waals surface area contributed by atoms with Crippen molar-refractivity contribution in [3.05, 3.63) is 65.0 Å². The summed E-state index contributed by atoms with van der Waals surface area (Å²) in [6, 6.07) is 14.5. The van der Waals surface area contributed by atoms with E-state index in [1.807, 2.05) is 22.6 Å². The molecular weight excluding hydrogens is 234 g/mol. The average Bonchev–Trinajstić information content (AvgIpc) is 2.67. The van der Waals surface area contributed by atoms with Crippen LogP contribution in [0.15, 0.2) is 42.5 Å². The monoisotopic (exact) mass is 251 g/mol. The van der Waals surface area contributed by atoms with E-state index in [9.17, 15) is 0 Å². The van der Waals surface area contributed by atoms with Crippen molar-refractivity contribution < 1.29 is 0 Å². The zero-order valence-electron chi connectivity index (χ0n) is 11.2. The third-order valence-corrected chi connectivity index (χ3v) is 3.38. The number of nitrogens with zero attached hydrogens (tertiary/aromatic N) is 2. The van der Waals surface area contributed by atoms with Gasteiger partial charge >= 0.3 is 0 Å². The van der Waals surface area contributed by atoms with Crippen LogP contribution in [0, 0.1) is 13.8 Å². The molecule has 0 aliphatic carbocycles. The summed E-state index contributed by atoms with van der Waals surface area (Å²) in [6.07, 6.45) is 0.771. The quantitative estimate of drug-likeness (QED) is 0.760. The summed E-state index contributed by atoms with van der Waals surface area (Å²) < 4.78 is 2.02. The molecule has 96 valence electrons. The highest BCUT2D eigenvalue weighted by Gasteiger charge is 2.11. The minimum atomic E-state index is 0.747. The molecule has 3 aromatic rings. The fourth-order valence-electron chi connectivity index (χ4n) is 2.52. The SMILES string of the molecule is Cc1cc(C)n2c(N)c(Cc3ccccc3)nc2c1. The number of fused-ring (bicyclic) bond motifs is 1. The van der Waals surface area contributed by atoms with Gasteiger partial charge in [0.15, 0.2) is 0 Å². The predicted molar refractivity (Wildman–Crippen MR) is 78.3 cm³/mol. The van der Waals surface area contributed by atoms with E-state index < -0.39 is 0 Å². The molecule has 0 amide bonds. The van der Waals surface area contributed by atoms with Crippen LogP contribution >= 0.6 is 0 Å². The van der Waals surface area contributed by atoms with Crippen molar-refractivity contribution in [1.82, 2.24) is 9.38 Å². The second-order valence-corrected chi connectivity index (χ2v) is 4.97. The molecule has 0 saturated carbocycles. The molecule has 3 heteroatoms. The summed E-state index contributed by atoms with van der Waals surface area (Å²) in [5.74, 6) is 0.747. The molecule has 0 atom stereocenters. The molecule has 3 rings (SSSR count). The van der Waals surface area contributed by atoms with Crippen molar-refractivity contribution >= 4 is 11.5 Å². The summed E-state index contributed by atoms with van der Waals surface area (Å²) in [5, 5.41) is 0. The fraction of sp³-hybridized carbons (Fsp3) is 0.188. The van der Waals surface area contributed by atoms with Gasteiger partial charge in [-0.25, -0.2) is 4.98 Å². The zero-order valence-corrected chi connectivity index (χ0v) is 11.2. The van der Waals surface area contributed by atoms with Crippen LogP contribution in [0.3, 0.4) is 0 Å². The Bertz CT molecular complexity index is 727. The molecule has 0 spiro atoms. The van der Waals surface area contributed by atoms with Crippen LogP contribution in [-0.2, 0) is 6.42 Å². The lowest BCUT2D eigenvalue weighted by Gasteiger charge is -2.04. The maximum atomic E-state index is 6.24. The molecule has 0 unspecified atom stereocenters. The number of pyridine rings is 1. The number of rotatable bonds is 2. The number of imidazole rings is 1. The first-order valence-corrected chi connectivity index (χ1v) is 6.43. The van der Waals surface area contributed by atoms with Crippen LogP contribution in [0.25, 0.3) is 5.65 Å². The average molecular weight is 251 g/mol. The maximum Gasteiger partial charge on any atom is 0.139 e. The van der Waals surface area contributed by atoms with Gasteiger partial charge in [-0.1, -0.05) is 30.3 Å². The molecule has 0 bridgehead atoms. The van der Waals surface area contributed by atoms with Crippen LogP contribution in [0.1, 0.15) is 22.5 Å². The van der Waals surface area contributed by atoms with Gasteiger partial charge in [-0.05, 0) is 37.1 Å². The summed E-state index contributed by atoms with van der Waals surface area (Å²) in [7, 11) is 0. The van der Waals surface area contributed by atoms with Gasteiger partial charge in [0.05, 0.1) is 5.69 Å². The second kappa shape index (κ2) is 4.43. The Hall–Kier alpha value is -2.29. The van der Waals surface area contributed by atoms with Crippen molar-refractivity contribution in [3.8, 4) is 0 Å². The number of nitrogen functional groups attached to an aromatic ring is 1. The third kappa shape index (κ3) is 2.08. The van der Waals surface area contributed by atoms with Gasteiger partial charge in [-0.15, -0.1) is 0 Å². The van der Waals surface area contributed by atoms with Crippen molar-refractivity contribution in [2.45, 2.75) is 20.3 Å². The first kappa shape index (κ1) is 11.8. The van der Waals surface area contributed by atoms with E-state index in [2.05, 4.69) is 43.1 Å². The standard InChI is InChI=1S/C16H17N3/c1-11-8-12(2)19-15(9-11)18-14(16(19)17)10-13-6-4-3-5-7-13/h3-9H,10,17H2,1-2H3. The molecule has 1 aromatic carbocycles. The molecule has 0 fully saturated rings. The fourth-order valence-corrected chi connectivity index (χ4v) is 2.52. The van der Waals surface area contributed by atoms with E-state index in [1.165, 1.54) is 11.1 Å². The lowest BCUT2D eigenvalue weighted by Crippen LogP contribution is -2.00. The van der Waals surface area contributed by atoms with Crippen molar-refractivity contribution in [2.75, 3.05) is 5.73 Å². The van der Waals surface area contributed by atoms with E-state index in [1.54, 1.807) is 0 Å². The highest BCUT2D eigenvalue weighted by Crippen LogP contribution is 2.21. The zero-order chi connectivity index (χ0) is 13.4. The molecule has 0 saturated heterocycles. The highest BCUT2D eigenvalue weighted by atomic mass is 15.1. The van der Waals surface area contributed by atoms with Crippen LogP contribution in [0.2, 0.25) is 0 Å². The summed E-state index contributed by atoms with van der Waals surface area (Å²) in [5.41, 5.74) is 11.7. The normalized spacial score (nSPS) is 11.1. The number of benzene rings is 1. The molecule has 2 aromatic heterocycles. The van der Waals surface area contributed by atoms with Crippen molar-refractivity contribution in [3.63, 3.8) is 0 Å². The molecule has 0 radical (unpaired) electrons. The largest absolute Gasteiger partial charge is 0.383 e. The van der Waals surface area contributed by atoms with Gasteiger partial charge in [0, 0.05) is 12.1 Å². The highest BCUT2D eigenvalue weighted by molar-refractivity contribution is 5.56. The number of aromatic nitrogens is 2. The van der Waals surface area contributed by atoms with E-state index in [0.717, 1.165) is 29.3 Å². The smallest absolute Gasteiger partial charge is 0.139 e. The van der Waals surface area contributed by atoms with Gasteiger partial charge in [0.2, 0.25) is 0 Å². The van der Waals surface area contributed by atoms with Crippen molar-refractivity contribution in [2.24, 2.45) is 0 Å². The summed E-state index contributed by atoms with van der Waals surface area (Å²) in [6.45, 7) is 4.14. The Labute approximate surface area is 112 Å². The molecule has 0 aliphatic heterocycles. The molecule has 0 aliphatic rings. The molecule has 19 heavy (non-hydrogen) atoms. The van der Waals surface area contributed by atoms with Gasteiger partial charge in [0.25, 0.3) is 0 Å². The molecule has 3 nitrogen and oxygen atoms in total. The minimum Gasteiger partial charge on any atom is -0.383 e. The van der Waals surface area contributed by atoms with Crippen LogP contribution in [0.5, 0.6) is 0 Å². The van der Waals surface area contributed by atoms with Crippen molar-refractivity contribution in [1.29, 1.82) is 0 Å². The van der Waals surface area contributed by atoms with E-state index >= 15 is 0 Å². The van der Waals surface area contributed by atoms with E-state index in [0.29, 0.717) is 0 Å². The minimum absolute atomic E-state index is 0.747. The van der Waals surface area contributed by atoms with E-state index in [4.69, 9.17) is 5.73 Å². The van der Waals surface area contributed by atoms with Crippen LogP contribution in [0.4, 0.5) is 5.82 Å². The van der Waals surface area contributed by atoms with Crippen LogP contribution < -0.4 is 5.73 Å². The maximum absolute atomic E-state index is 6.24. The number of hydrogen-bond acceptors (Lipinski definition) is 2. The first-order valence-electron chi connectivity index (χ1n) is 6.43. The lowest BCUT2D eigenvalue weighted by molar-refractivity contribution is 1.08. The number of aryl methyl sites for hydroxylation is 2. The molecule has 2 N–H and O–H groups in total.